The van der Waals surface area contributed by atoms with E-state index in [9.17, 15) is 13.2 Å². The number of carbonyl (C=O) groups excluding carboxylic acids is 1. The van der Waals surface area contributed by atoms with Gasteiger partial charge in [0.1, 0.15) is 5.75 Å². The van der Waals surface area contributed by atoms with Gasteiger partial charge in [0.15, 0.2) is 5.78 Å². The molecule has 2 rings (SSSR count). The van der Waals surface area contributed by atoms with Crippen molar-refractivity contribution in [3.05, 3.63) is 60.2 Å². The van der Waals surface area contributed by atoms with Gasteiger partial charge in [0.05, 0.1) is 11.4 Å². The third-order valence-electron chi connectivity index (χ3n) is 3.12. The third kappa shape index (κ3) is 5.17. The van der Waals surface area contributed by atoms with Crippen molar-refractivity contribution in [3.63, 3.8) is 0 Å². The number of hydrogen-bond acceptors (Lipinski definition) is 5. The Labute approximate surface area is 135 Å². The highest BCUT2D eigenvalue weighted by molar-refractivity contribution is 7.89. The minimum absolute atomic E-state index is 0.0951. The van der Waals surface area contributed by atoms with Crippen LogP contribution in [0.25, 0.3) is 0 Å². The summed E-state index contributed by atoms with van der Waals surface area (Å²) >= 11 is 0. The maximum atomic E-state index is 12.0. The van der Waals surface area contributed by atoms with E-state index < -0.39 is 10.0 Å². The predicted octanol–water partition coefficient (Wildman–Crippen LogP) is 1.14. The molecule has 0 saturated carbocycles. The molecule has 2 aromatic rings. The number of nitrogens with one attached hydrogen (secondary N) is 2. The number of Topliss-reactive ketones (excluding diaryl/α,β-unsaturated/α-hetero) is 1. The van der Waals surface area contributed by atoms with Crippen molar-refractivity contribution >= 4 is 15.8 Å². The maximum absolute atomic E-state index is 12.0. The Morgan fingerprint density at radius 3 is 2.26 bits per heavy atom. The van der Waals surface area contributed by atoms with Crippen molar-refractivity contribution in [1.82, 2.24) is 10.0 Å². The van der Waals surface area contributed by atoms with Crippen molar-refractivity contribution in [2.24, 2.45) is 0 Å². The normalized spacial score (nSPS) is 11.3. The lowest BCUT2D eigenvalue weighted by molar-refractivity contribution is 0.0991. The van der Waals surface area contributed by atoms with Crippen LogP contribution in [0.1, 0.15) is 10.4 Å². The standard InChI is InChI=1S/C16H18N2O4S/c19-14-8-6-13(7-9-14)16(20)12-17-10-11-18-23(21,22)15-4-2-1-3-5-15/h1-9,17-19H,10-12H2. The first-order chi connectivity index (χ1) is 11.0. The van der Waals surface area contributed by atoms with Crippen LogP contribution in [0.5, 0.6) is 5.75 Å². The van der Waals surface area contributed by atoms with E-state index in [1.807, 2.05) is 0 Å². The van der Waals surface area contributed by atoms with Crippen molar-refractivity contribution in [2.45, 2.75) is 4.90 Å². The van der Waals surface area contributed by atoms with Gasteiger partial charge in [-0.2, -0.15) is 0 Å². The summed E-state index contributed by atoms with van der Waals surface area (Å²) in [6.45, 7) is 0.605. The molecule has 7 heteroatoms. The molecule has 0 amide bonds. The van der Waals surface area contributed by atoms with Gasteiger partial charge in [0, 0.05) is 18.7 Å². The molecule has 6 nitrogen and oxygen atoms in total. The van der Waals surface area contributed by atoms with Crippen LogP contribution in [0.15, 0.2) is 59.5 Å². The summed E-state index contributed by atoms with van der Waals surface area (Å²) in [5, 5.41) is 12.0. The van der Waals surface area contributed by atoms with Gasteiger partial charge in [0.25, 0.3) is 0 Å². The quantitative estimate of drug-likeness (QED) is 0.497. The first kappa shape index (κ1) is 17.1. The molecule has 0 aliphatic rings. The van der Waals surface area contributed by atoms with Gasteiger partial charge in [-0.3, -0.25) is 4.79 Å². The van der Waals surface area contributed by atoms with E-state index in [2.05, 4.69) is 10.0 Å². The second-order valence-electron chi connectivity index (χ2n) is 4.86. The lowest BCUT2D eigenvalue weighted by Gasteiger charge is -2.07. The summed E-state index contributed by atoms with van der Waals surface area (Å²) < 4.78 is 26.4. The zero-order valence-electron chi connectivity index (χ0n) is 12.4. The summed E-state index contributed by atoms with van der Waals surface area (Å²) in [5.74, 6) is -0.0271. The topological polar surface area (TPSA) is 95.5 Å². The van der Waals surface area contributed by atoms with Gasteiger partial charge in [-0.05, 0) is 36.4 Å². The van der Waals surface area contributed by atoms with E-state index in [0.717, 1.165) is 0 Å². The Kier molecular flexibility index (Phi) is 5.86. The predicted molar refractivity (Wildman–Crippen MR) is 86.9 cm³/mol. The zero-order valence-corrected chi connectivity index (χ0v) is 13.2. The minimum Gasteiger partial charge on any atom is -0.508 e. The average Bonchev–Trinajstić information content (AvgIpc) is 2.56. The van der Waals surface area contributed by atoms with Crippen molar-refractivity contribution in [1.29, 1.82) is 0 Å². The van der Waals surface area contributed by atoms with Crippen molar-refractivity contribution < 1.29 is 18.3 Å². The van der Waals surface area contributed by atoms with Gasteiger partial charge < -0.3 is 10.4 Å². The second-order valence-corrected chi connectivity index (χ2v) is 6.62. The number of sulfonamides is 1. The van der Waals surface area contributed by atoms with Crippen molar-refractivity contribution in [2.75, 3.05) is 19.6 Å². The molecule has 0 atom stereocenters. The highest BCUT2D eigenvalue weighted by atomic mass is 32.2. The van der Waals surface area contributed by atoms with E-state index in [-0.39, 0.29) is 29.5 Å². The first-order valence-corrected chi connectivity index (χ1v) is 8.55. The lowest BCUT2D eigenvalue weighted by atomic mass is 10.1. The fraction of sp³-hybridized carbons (Fsp3) is 0.188. The van der Waals surface area contributed by atoms with Crippen LogP contribution in [0.3, 0.4) is 0 Å². The third-order valence-corrected chi connectivity index (χ3v) is 4.60. The number of phenols is 1. The molecular weight excluding hydrogens is 316 g/mol. The average molecular weight is 334 g/mol. The maximum Gasteiger partial charge on any atom is 0.240 e. The number of benzene rings is 2. The van der Waals surface area contributed by atoms with Crippen molar-refractivity contribution in [3.8, 4) is 5.75 Å². The number of ketones is 1. The van der Waals surface area contributed by atoms with Gasteiger partial charge in [0.2, 0.25) is 10.0 Å². The molecule has 0 bridgehead atoms. The Morgan fingerprint density at radius 1 is 0.957 bits per heavy atom. The van der Waals surface area contributed by atoms with E-state index in [0.29, 0.717) is 12.1 Å². The van der Waals surface area contributed by atoms with Crippen LogP contribution in [-0.4, -0.2) is 38.9 Å². The number of rotatable bonds is 8. The minimum atomic E-state index is -3.52. The molecule has 2 aromatic carbocycles. The van der Waals surface area contributed by atoms with Crippen LogP contribution in [0.4, 0.5) is 0 Å². The van der Waals surface area contributed by atoms with E-state index in [1.165, 1.54) is 36.4 Å². The summed E-state index contributed by atoms with van der Waals surface area (Å²) in [7, 11) is -3.52. The van der Waals surface area contributed by atoms with E-state index >= 15 is 0 Å². The second kappa shape index (κ2) is 7.87. The van der Waals surface area contributed by atoms with E-state index in [1.54, 1.807) is 18.2 Å². The molecule has 0 aliphatic carbocycles. The number of phenolic OH excluding ortho intramolecular Hbond substituents is 1. The van der Waals surface area contributed by atoms with Crippen LogP contribution >= 0.6 is 0 Å². The molecule has 0 aliphatic heterocycles. The molecule has 0 spiro atoms. The zero-order chi connectivity index (χ0) is 16.7. The highest BCUT2D eigenvalue weighted by Gasteiger charge is 2.12. The SMILES string of the molecule is O=C(CNCCNS(=O)(=O)c1ccccc1)c1ccc(O)cc1. The van der Waals surface area contributed by atoms with Crippen LogP contribution < -0.4 is 10.0 Å². The largest absolute Gasteiger partial charge is 0.508 e. The molecule has 3 N–H and O–H groups in total. The molecule has 23 heavy (non-hydrogen) atoms. The van der Waals surface area contributed by atoms with Crippen LogP contribution in [-0.2, 0) is 10.0 Å². The monoisotopic (exact) mass is 334 g/mol. The van der Waals surface area contributed by atoms with E-state index in [4.69, 9.17) is 5.11 Å². The lowest BCUT2D eigenvalue weighted by Crippen LogP contribution is -2.34. The highest BCUT2D eigenvalue weighted by Crippen LogP contribution is 2.09. The summed E-state index contributed by atoms with van der Waals surface area (Å²) in [4.78, 5) is 12.1. The molecule has 0 fully saturated rings. The first-order valence-electron chi connectivity index (χ1n) is 7.07. The van der Waals surface area contributed by atoms with Crippen LogP contribution in [0, 0.1) is 0 Å². The Bertz CT molecular complexity index is 743. The fourth-order valence-corrected chi connectivity index (χ4v) is 2.96. The summed E-state index contributed by atoms with van der Waals surface area (Å²) in [6, 6.07) is 14.1. The number of hydrogen-bond donors (Lipinski definition) is 3. The number of aromatic hydroxyl groups is 1. The van der Waals surface area contributed by atoms with Crippen LogP contribution in [0.2, 0.25) is 0 Å². The number of carbonyl (C=O) groups is 1. The molecule has 0 heterocycles. The molecule has 0 aromatic heterocycles. The van der Waals surface area contributed by atoms with Gasteiger partial charge in [-0.15, -0.1) is 0 Å². The van der Waals surface area contributed by atoms with Gasteiger partial charge in [-0.1, -0.05) is 18.2 Å². The fourth-order valence-electron chi connectivity index (χ4n) is 1.91. The van der Waals surface area contributed by atoms with Gasteiger partial charge >= 0.3 is 0 Å². The van der Waals surface area contributed by atoms with Gasteiger partial charge in [-0.25, -0.2) is 13.1 Å². The molecule has 0 saturated heterocycles. The smallest absolute Gasteiger partial charge is 0.240 e. The molecular formula is C16H18N2O4S. The molecule has 0 radical (unpaired) electrons. The summed E-state index contributed by atoms with van der Waals surface area (Å²) in [5.41, 5.74) is 0.486. The Hall–Kier alpha value is -2.22. The molecule has 122 valence electrons. The molecule has 0 unspecified atom stereocenters. The Balaban J connectivity index is 1.73. The Morgan fingerprint density at radius 2 is 1.61 bits per heavy atom. The summed E-state index contributed by atoms with van der Waals surface area (Å²) in [6.07, 6.45) is 0.